The number of nitrogens with zero attached hydrogens (tertiary/aromatic N) is 1. The van der Waals surface area contributed by atoms with E-state index in [0.717, 1.165) is 17.7 Å². The van der Waals surface area contributed by atoms with Crippen LogP contribution in [0, 0.1) is 17.2 Å². The first-order valence-corrected chi connectivity index (χ1v) is 4.81. The average Bonchev–Trinajstić information content (AvgIpc) is 2.19. The molecule has 0 aromatic heterocycles. The van der Waals surface area contributed by atoms with E-state index in [1.165, 1.54) is 0 Å². The maximum Gasteiger partial charge on any atom is 0.132 e. The highest BCUT2D eigenvalue weighted by molar-refractivity contribution is 6.05. The highest BCUT2D eigenvalue weighted by Crippen LogP contribution is 2.22. The summed E-state index contributed by atoms with van der Waals surface area (Å²) in [4.78, 5) is 4.10. The zero-order valence-corrected chi connectivity index (χ0v) is 8.91. The van der Waals surface area contributed by atoms with E-state index in [9.17, 15) is 0 Å². The zero-order chi connectivity index (χ0) is 10.6. The molecule has 14 heavy (non-hydrogen) atoms. The molecular weight excluding hydrogens is 174 g/mol. The van der Waals surface area contributed by atoms with Crippen molar-refractivity contribution in [1.29, 1.82) is 5.41 Å². The number of aliphatic imine (C=N–C) groups is 1. The van der Waals surface area contributed by atoms with Crippen LogP contribution in [-0.4, -0.2) is 19.2 Å². The lowest BCUT2D eigenvalue weighted by atomic mass is 9.88. The minimum Gasteiger partial charge on any atom is -0.331 e. The van der Waals surface area contributed by atoms with Crippen LogP contribution in [-0.2, 0) is 0 Å². The quantitative estimate of drug-likeness (QED) is 0.509. The van der Waals surface area contributed by atoms with Crippen LogP contribution in [0.1, 0.15) is 13.8 Å². The molecule has 0 amide bonds. The van der Waals surface area contributed by atoms with Gasteiger partial charge in [0.15, 0.2) is 0 Å². The van der Waals surface area contributed by atoms with Gasteiger partial charge < -0.3 is 5.32 Å². The number of allylic oxidation sites excluding steroid dienone is 2. The van der Waals surface area contributed by atoms with Crippen molar-refractivity contribution in [2.45, 2.75) is 13.8 Å². The Bertz CT molecular complexity index is 300. The monoisotopic (exact) mass is 191 g/mol. The van der Waals surface area contributed by atoms with E-state index in [2.05, 4.69) is 42.4 Å². The highest BCUT2D eigenvalue weighted by atomic mass is 15.0. The molecule has 0 radical (unpaired) electrons. The fourth-order valence-electron chi connectivity index (χ4n) is 1.42. The standard InChI is InChI=1S/C11H17N3/c1-8-4-5-10(6-9(8)2)11(13-3)14-7-12/h4-9H,1-3H3,(H2,12,13,14). The summed E-state index contributed by atoms with van der Waals surface area (Å²) in [6.45, 7) is 4.38. The van der Waals surface area contributed by atoms with Gasteiger partial charge in [-0.2, -0.15) is 0 Å². The topological polar surface area (TPSA) is 48.2 Å². The van der Waals surface area contributed by atoms with Gasteiger partial charge in [0.25, 0.3) is 0 Å². The number of hydrogen-bond donors (Lipinski definition) is 2. The molecule has 76 valence electrons. The first kappa shape index (κ1) is 10.7. The summed E-state index contributed by atoms with van der Waals surface area (Å²) < 4.78 is 0. The van der Waals surface area contributed by atoms with Gasteiger partial charge in [-0.3, -0.25) is 10.4 Å². The number of amidine groups is 1. The third-order valence-electron chi connectivity index (χ3n) is 2.56. The molecule has 0 saturated heterocycles. The summed E-state index contributed by atoms with van der Waals surface area (Å²) in [6.07, 6.45) is 7.57. The summed E-state index contributed by atoms with van der Waals surface area (Å²) in [5.74, 6) is 1.87. The molecule has 1 aliphatic rings. The molecule has 0 aromatic rings. The molecule has 2 N–H and O–H groups in total. The van der Waals surface area contributed by atoms with Crippen molar-refractivity contribution in [3.63, 3.8) is 0 Å². The highest BCUT2D eigenvalue weighted by Gasteiger charge is 2.14. The maximum atomic E-state index is 6.98. The first-order valence-electron chi connectivity index (χ1n) is 4.81. The smallest absolute Gasteiger partial charge is 0.132 e. The van der Waals surface area contributed by atoms with Crippen LogP contribution < -0.4 is 5.32 Å². The molecule has 0 spiro atoms. The summed E-state index contributed by atoms with van der Waals surface area (Å²) in [5, 5.41) is 9.79. The lowest BCUT2D eigenvalue weighted by Gasteiger charge is -2.19. The molecule has 0 aliphatic heterocycles. The maximum absolute atomic E-state index is 6.98. The van der Waals surface area contributed by atoms with Gasteiger partial charge in [0, 0.05) is 12.6 Å². The molecule has 0 saturated carbocycles. The number of rotatable bonds is 2. The van der Waals surface area contributed by atoms with E-state index in [0.29, 0.717) is 11.8 Å². The zero-order valence-electron chi connectivity index (χ0n) is 8.91. The van der Waals surface area contributed by atoms with Crippen molar-refractivity contribution >= 4 is 12.2 Å². The molecular formula is C11H17N3. The summed E-state index contributed by atoms with van der Waals surface area (Å²) in [7, 11) is 1.73. The first-order chi connectivity index (χ1) is 6.69. The van der Waals surface area contributed by atoms with E-state index in [4.69, 9.17) is 5.41 Å². The Labute approximate surface area is 85.1 Å². The average molecular weight is 191 g/mol. The largest absolute Gasteiger partial charge is 0.331 e. The predicted octanol–water partition coefficient (Wildman–Crippen LogP) is 1.98. The van der Waals surface area contributed by atoms with Crippen LogP contribution >= 0.6 is 0 Å². The lowest BCUT2D eigenvalue weighted by molar-refractivity contribution is 0.550. The van der Waals surface area contributed by atoms with E-state index in [1.54, 1.807) is 7.05 Å². The normalized spacial score (nSPS) is 27.1. The van der Waals surface area contributed by atoms with Crippen LogP contribution in [0.25, 0.3) is 0 Å². The third-order valence-corrected chi connectivity index (χ3v) is 2.56. The minimum absolute atomic E-state index is 0.527. The van der Waals surface area contributed by atoms with Gasteiger partial charge in [0.05, 0.1) is 6.34 Å². The molecule has 2 unspecified atom stereocenters. The summed E-state index contributed by atoms with van der Waals surface area (Å²) in [5.41, 5.74) is 1.07. The Morgan fingerprint density at radius 1 is 1.50 bits per heavy atom. The van der Waals surface area contributed by atoms with E-state index in [-0.39, 0.29) is 0 Å². The van der Waals surface area contributed by atoms with Crippen molar-refractivity contribution in [2.75, 3.05) is 7.05 Å². The van der Waals surface area contributed by atoms with Crippen molar-refractivity contribution in [3.8, 4) is 0 Å². The Balaban J connectivity index is 2.83. The lowest BCUT2D eigenvalue weighted by Crippen LogP contribution is -2.24. The van der Waals surface area contributed by atoms with Crippen molar-refractivity contribution < 1.29 is 0 Å². The Morgan fingerprint density at radius 3 is 2.71 bits per heavy atom. The van der Waals surface area contributed by atoms with Crippen LogP contribution in [0.3, 0.4) is 0 Å². The van der Waals surface area contributed by atoms with E-state index < -0.39 is 0 Å². The van der Waals surface area contributed by atoms with Crippen molar-refractivity contribution in [1.82, 2.24) is 5.32 Å². The van der Waals surface area contributed by atoms with Gasteiger partial charge in [-0.25, -0.2) is 0 Å². The second kappa shape index (κ2) is 4.74. The predicted molar refractivity (Wildman–Crippen MR) is 60.8 cm³/mol. The number of nitrogens with one attached hydrogen (secondary N) is 2. The van der Waals surface area contributed by atoms with E-state index >= 15 is 0 Å². The molecule has 0 aromatic carbocycles. The molecule has 0 bridgehead atoms. The van der Waals surface area contributed by atoms with Crippen LogP contribution in [0.4, 0.5) is 0 Å². The second-order valence-electron chi connectivity index (χ2n) is 3.56. The van der Waals surface area contributed by atoms with Gasteiger partial charge in [0.2, 0.25) is 0 Å². The number of hydrogen-bond acceptors (Lipinski definition) is 2. The van der Waals surface area contributed by atoms with Gasteiger partial charge in [-0.1, -0.05) is 32.1 Å². The van der Waals surface area contributed by atoms with Crippen LogP contribution in [0.2, 0.25) is 0 Å². The summed E-state index contributed by atoms with van der Waals surface area (Å²) in [6, 6.07) is 0. The van der Waals surface area contributed by atoms with Gasteiger partial charge >= 0.3 is 0 Å². The Kier molecular flexibility index (Phi) is 3.63. The van der Waals surface area contributed by atoms with Crippen molar-refractivity contribution in [2.24, 2.45) is 16.8 Å². The Morgan fingerprint density at radius 2 is 2.21 bits per heavy atom. The van der Waals surface area contributed by atoms with Gasteiger partial charge in [-0.05, 0) is 11.8 Å². The fraction of sp³-hybridized carbons (Fsp3) is 0.455. The van der Waals surface area contributed by atoms with Crippen LogP contribution in [0.5, 0.6) is 0 Å². The third kappa shape index (κ3) is 2.31. The van der Waals surface area contributed by atoms with Crippen LogP contribution in [0.15, 0.2) is 28.8 Å². The minimum atomic E-state index is 0.527. The SMILES string of the molecule is CN=C(NC=N)C1=CC(C)C(C)C=C1. The molecule has 1 rings (SSSR count). The van der Waals surface area contributed by atoms with Gasteiger partial charge in [-0.15, -0.1) is 0 Å². The molecule has 0 fully saturated rings. The summed E-state index contributed by atoms with van der Waals surface area (Å²) >= 11 is 0. The molecule has 1 aliphatic carbocycles. The fourth-order valence-corrected chi connectivity index (χ4v) is 1.42. The molecule has 3 heteroatoms. The second-order valence-corrected chi connectivity index (χ2v) is 3.56. The molecule has 0 heterocycles. The molecule has 3 nitrogen and oxygen atoms in total. The molecule has 2 atom stereocenters. The van der Waals surface area contributed by atoms with E-state index in [1.807, 2.05) is 0 Å². The van der Waals surface area contributed by atoms with Crippen molar-refractivity contribution in [3.05, 3.63) is 23.8 Å². The Hall–Kier alpha value is -1.38. The van der Waals surface area contributed by atoms with Gasteiger partial charge in [0.1, 0.15) is 5.84 Å².